The first-order valence-corrected chi connectivity index (χ1v) is 13.5. The summed E-state index contributed by atoms with van der Waals surface area (Å²) in [5.41, 5.74) is -0.172. The van der Waals surface area contributed by atoms with E-state index < -0.39 is 63.2 Å². The molecule has 0 saturated carbocycles. The average Bonchev–Trinajstić information content (AvgIpc) is 2.71. The SMILES string of the molecule is CC(=O)N[C@H]1C(OCCOCCOC[C@@H](CC(C)(C)C)OP(=O)(O)OC(C)C)O[C@H](CO)[C@H](O)[C@@H]1O. The Hall–Kier alpha value is -0.700. The maximum Gasteiger partial charge on any atom is 0.472 e. The van der Waals surface area contributed by atoms with Gasteiger partial charge < -0.3 is 44.5 Å². The molecular weight excluding hydrogens is 501 g/mol. The molecule has 13 nitrogen and oxygen atoms in total. The van der Waals surface area contributed by atoms with E-state index in [4.69, 9.17) is 28.0 Å². The number of phosphoric acid groups is 1. The van der Waals surface area contributed by atoms with Crippen molar-refractivity contribution in [3.63, 3.8) is 0 Å². The van der Waals surface area contributed by atoms with Gasteiger partial charge in [0.05, 0.1) is 51.8 Å². The molecule has 1 saturated heterocycles. The summed E-state index contributed by atoms with van der Waals surface area (Å²) in [5, 5.41) is 32.1. The smallest absolute Gasteiger partial charge is 0.394 e. The Labute approximate surface area is 213 Å². The molecule has 214 valence electrons. The van der Waals surface area contributed by atoms with E-state index in [1.807, 2.05) is 20.8 Å². The molecule has 1 heterocycles. The predicted octanol–water partition coefficient (Wildman–Crippen LogP) is 0.327. The van der Waals surface area contributed by atoms with Gasteiger partial charge in [-0.15, -0.1) is 0 Å². The first-order chi connectivity index (χ1) is 16.6. The molecule has 0 aliphatic carbocycles. The van der Waals surface area contributed by atoms with Crippen molar-refractivity contribution in [2.45, 2.75) is 90.8 Å². The summed E-state index contributed by atoms with van der Waals surface area (Å²) in [7, 11) is -4.22. The number of aliphatic hydroxyl groups excluding tert-OH is 3. The second-order valence-electron chi connectivity index (χ2n) is 10.1. The number of nitrogens with one attached hydrogen (secondary N) is 1. The number of carbonyl (C=O) groups is 1. The van der Waals surface area contributed by atoms with Gasteiger partial charge in [0.2, 0.25) is 5.91 Å². The summed E-state index contributed by atoms with van der Waals surface area (Å²) in [6.45, 7) is 10.6. The number of rotatable bonds is 16. The zero-order chi connectivity index (χ0) is 27.5. The van der Waals surface area contributed by atoms with Crippen LogP contribution in [0.3, 0.4) is 0 Å². The van der Waals surface area contributed by atoms with Crippen molar-refractivity contribution in [3.05, 3.63) is 0 Å². The lowest BCUT2D eigenvalue weighted by Gasteiger charge is -2.42. The van der Waals surface area contributed by atoms with Crippen molar-refractivity contribution in [2.24, 2.45) is 5.41 Å². The lowest BCUT2D eigenvalue weighted by Crippen LogP contribution is -2.64. The van der Waals surface area contributed by atoms with Crippen molar-refractivity contribution < 1.29 is 57.6 Å². The van der Waals surface area contributed by atoms with Crippen LogP contribution in [0, 0.1) is 5.41 Å². The first-order valence-electron chi connectivity index (χ1n) is 12.0. The standard InChI is InChI=1S/C22H44NO12P/c1-14(2)34-36(28,29)35-16(11-22(4,5)6)13-31-8-7-30-9-10-32-21-18(23-15(3)25)20(27)19(26)17(12-24)33-21/h14,16-21,24,26-27H,7-13H2,1-6H3,(H,23,25)(H,28,29)/t16-,17-,18-,19+,20-,21?/m1/s1. The van der Waals surface area contributed by atoms with Gasteiger partial charge in [-0.25, -0.2) is 4.57 Å². The molecule has 0 aromatic rings. The van der Waals surface area contributed by atoms with E-state index in [-0.39, 0.29) is 38.4 Å². The van der Waals surface area contributed by atoms with Crippen LogP contribution in [0.25, 0.3) is 0 Å². The molecule has 0 aromatic heterocycles. The third-order valence-electron chi connectivity index (χ3n) is 4.90. The molecule has 1 amide bonds. The zero-order valence-corrected chi connectivity index (χ0v) is 22.9. The van der Waals surface area contributed by atoms with Gasteiger partial charge in [-0.3, -0.25) is 13.8 Å². The third-order valence-corrected chi connectivity index (χ3v) is 6.16. The van der Waals surface area contributed by atoms with Gasteiger partial charge in [0.1, 0.15) is 24.4 Å². The Morgan fingerprint density at radius 3 is 2.22 bits per heavy atom. The first kappa shape index (κ1) is 33.3. The number of hydrogen-bond acceptors (Lipinski definition) is 11. The number of aliphatic hydroxyl groups is 3. The topological polar surface area (TPSA) is 182 Å². The number of amides is 1. The third kappa shape index (κ3) is 13.2. The number of hydrogen-bond donors (Lipinski definition) is 5. The second kappa shape index (κ2) is 15.6. The molecule has 2 unspecified atom stereocenters. The summed E-state index contributed by atoms with van der Waals surface area (Å²) in [6.07, 6.45) is -5.58. The molecule has 0 spiro atoms. The Bertz CT molecular complexity index is 688. The van der Waals surface area contributed by atoms with Gasteiger partial charge in [0, 0.05) is 6.92 Å². The summed E-state index contributed by atoms with van der Waals surface area (Å²) in [4.78, 5) is 21.4. The molecule has 0 aromatic carbocycles. The van der Waals surface area contributed by atoms with Gasteiger partial charge in [-0.2, -0.15) is 0 Å². The Morgan fingerprint density at radius 2 is 1.67 bits per heavy atom. The maximum absolute atomic E-state index is 12.2. The fraction of sp³-hybridized carbons (Fsp3) is 0.955. The summed E-state index contributed by atoms with van der Waals surface area (Å²) < 4.78 is 44.5. The summed E-state index contributed by atoms with van der Waals surface area (Å²) >= 11 is 0. The van der Waals surface area contributed by atoms with Crippen LogP contribution in [0.15, 0.2) is 0 Å². The maximum atomic E-state index is 12.2. The van der Waals surface area contributed by atoms with Crippen LogP contribution < -0.4 is 5.32 Å². The van der Waals surface area contributed by atoms with Crippen LogP contribution in [0.5, 0.6) is 0 Å². The predicted molar refractivity (Wildman–Crippen MR) is 128 cm³/mol. The minimum Gasteiger partial charge on any atom is -0.394 e. The highest BCUT2D eigenvalue weighted by atomic mass is 31.2. The van der Waals surface area contributed by atoms with Crippen molar-refractivity contribution in [1.82, 2.24) is 5.32 Å². The molecular formula is C22H44NO12P. The van der Waals surface area contributed by atoms with Gasteiger partial charge in [-0.1, -0.05) is 20.8 Å². The van der Waals surface area contributed by atoms with Crippen molar-refractivity contribution in [3.8, 4) is 0 Å². The van der Waals surface area contributed by atoms with Crippen LogP contribution >= 0.6 is 7.82 Å². The fourth-order valence-electron chi connectivity index (χ4n) is 3.56. The molecule has 7 atom stereocenters. The van der Waals surface area contributed by atoms with Crippen molar-refractivity contribution in [1.29, 1.82) is 0 Å². The zero-order valence-electron chi connectivity index (χ0n) is 22.0. The number of ether oxygens (including phenoxy) is 4. The van der Waals surface area contributed by atoms with Gasteiger partial charge in [0.15, 0.2) is 6.29 Å². The molecule has 0 bridgehead atoms. The summed E-state index contributed by atoms with van der Waals surface area (Å²) in [6, 6.07) is -1.02. The Balaban J connectivity index is 2.41. The quantitative estimate of drug-likeness (QED) is 0.133. The average molecular weight is 546 g/mol. The van der Waals surface area contributed by atoms with E-state index in [1.165, 1.54) is 6.92 Å². The molecule has 1 fully saturated rings. The van der Waals surface area contributed by atoms with E-state index >= 15 is 0 Å². The van der Waals surface area contributed by atoms with Crippen LogP contribution in [0.2, 0.25) is 0 Å². The monoisotopic (exact) mass is 545 g/mol. The molecule has 1 aliphatic rings. The molecule has 14 heteroatoms. The lowest BCUT2D eigenvalue weighted by atomic mass is 9.89. The van der Waals surface area contributed by atoms with E-state index in [0.717, 1.165) is 0 Å². The second-order valence-corrected chi connectivity index (χ2v) is 11.5. The fourth-order valence-corrected chi connectivity index (χ4v) is 4.65. The van der Waals surface area contributed by atoms with Gasteiger partial charge in [-0.05, 0) is 25.7 Å². The van der Waals surface area contributed by atoms with E-state index in [1.54, 1.807) is 13.8 Å². The van der Waals surface area contributed by atoms with E-state index in [2.05, 4.69) is 5.32 Å². The molecule has 36 heavy (non-hydrogen) atoms. The van der Waals surface area contributed by atoms with E-state index in [9.17, 15) is 29.6 Å². The van der Waals surface area contributed by atoms with Crippen LogP contribution in [0.1, 0.15) is 48.0 Å². The molecule has 0 radical (unpaired) electrons. The van der Waals surface area contributed by atoms with Gasteiger partial charge in [0.25, 0.3) is 0 Å². The van der Waals surface area contributed by atoms with Crippen LogP contribution in [-0.4, -0.2) is 109 Å². The largest absolute Gasteiger partial charge is 0.472 e. The van der Waals surface area contributed by atoms with Crippen molar-refractivity contribution in [2.75, 3.05) is 39.6 Å². The minimum absolute atomic E-state index is 0.0394. The molecule has 1 rings (SSSR count). The highest BCUT2D eigenvalue weighted by Gasteiger charge is 2.45. The van der Waals surface area contributed by atoms with Crippen LogP contribution in [-0.2, 0) is 37.4 Å². The Morgan fingerprint density at radius 1 is 1.06 bits per heavy atom. The normalized spacial score (nSPS) is 27.6. The Kier molecular flexibility index (Phi) is 14.5. The highest BCUT2D eigenvalue weighted by Crippen LogP contribution is 2.47. The molecule has 5 N–H and O–H groups in total. The summed E-state index contributed by atoms with van der Waals surface area (Å²) in [5.74, 6) is -0.443. The number of carbonyl (C=O) groups excluding carboxylic acids is 1. The lowest BCUT2D eigenvalue weighted by molar-refractivity contribution is -0.272. The van der Waals surface area contributed by atoms with Crippen LogP contribution in [0.4, 0.5) is 0 Å². The molecule has 1 aliphatic heterocycles. The van der Waals surface area contributed by atoms with Crippen molar-refractivity contribution >= 4 is 13.7 Å². The minimum atomic E-state index is -4.22. The van der Waals surface area contributed by atoms with E-state index in [0.29, 0.717) is 6.42 Å². The highest BCUT2D eigenvalue weighted by molar-refractivity contribution is 7.47. The van der Waals surface area contributed by atoms with Gasteiger partial charge >= 0.3 is 7.82 Å². The number of phosphoric ester groups is 1.